The van der Waals surface area contributed by atoms with E-state index in [0.29, 0.717) is 6.04 Å². The third-order valence-electron chi connectivity index (χ3n) is 2.92. The highest BCUT2D eigenvalue weighted by molar-refractivity contribution is 5.79. The van der Waals surface area contributed by atoms with Crippen LogP contribution in [0.5, 0.6) is 0 Å². The van der Waals surface area contributed by atoms with Gasteiger partial charge in [-0.25, -0.2) is 0 Å². The maximum atomic E-state index is 11.7. The van der Waals surface area contributed by atoms with E-state index in [1.54, 1.807) is 0 Å². The van der Waals surface area contributed by atoms with Crippen LogP contribution in [0.1, 0.15) is 25.7 Å². The van der Waals surface area contributed by atoms with Gasteiger partial charge in [0.1, 0.15) is 0 Å². The van der Waals surface area contributed by atoms with Crippen molar-refractivity contribution in [3.05, 3.63) is 0 Å². The van der Waals surface area contributed by atoms with Crippen molar-refractivity contribution < 1.29 is 4.79 Å². The number of hydrogen-bond acceptors (Lipinski definition) is 2. The van der Waals surface area contributed by atoms with E-state index in [0.717, 1.165) is 19.5 Å². The van der Waals surface area contributed by atoms with E-state index >= 15 is 0 Å². The molecule has 1 heterocycles. The predicted molar refractivity (Wildman–Crippen MR) is 51.4 cm³/mol. The van der Waals surface area contributed by atoms with E-state index < -0.39 is 0 Å². The largest absolute Gasteiger partial charge is 0.353 e. The quantitative estimate of drug-likeness (QED) is 0.678. The number of carbonyl (C=O) groups is 1. The van der Waals surface area contributed by atoms with Crippen molar-refractivity contribution in [3.63, 3.8) is 0 Å². The van der Waals surface area contributed by atoms with Gasteiger partial charge in [0.05, 0.1) is 5.92 Å². The Labute approximate surface area is 79.5 Å². The van der Waals surface area contributed by atoms with Gasteiger partial charge in [-0.1, -0.05) is 0 Å². The van der Waals surface area contributed by atoms with Crippen molar-refractivity contribution in [2.24, 2.45) is 5.92 Å². The molecule has 1 aliphatic heterocycles. The van der Waals surface area contributed by atoms with Gasteiger partial charge in [-0.05, 0) is 39.3 Å². The summed E-state index contributed by atoms with van der Waals surface area (Å²) in [6.45, 7) is 2.09. The Morgan fingerprint density at radius 1 is 1.38 bits per heavy atom. The lowest BCUT2D eigenvalue weighted by Gasteiger charge is -2.28. The maximum Gasteiger partial charge on any atom is 0.224 e. The number of nitrogens with zero attached hydrogens (tertiary/aromatic N) is 1. The topological polar surface area (TPSA) is 32.3 Å². The summed E-state index contributed by atoms with van der Waals surface area (Å²) in [7, 11) is 2.09. The molecule has 0 aromatic carbocycles. The third kappa shape index (κ3) is 2.44. The summed E-state index contributed by atoms with van der Waals surface area (Å²) in [5.74, 6) is 0.536. The molecule has 1 N–H and O–H groups in total. The van der Waals surface area contributed by atoms with Crippen LogP contribution in [-0.2, 0) is 4.79 Å². The molecule has 1 aliphatic carbocycles. The van der Waals surface area contributed by atoms with E-state index in [1.165, 1.54) is 19.3 Å². The lowest BCUT2D eigenvalue weighted by Crippen LogP contribution is -2.42. The molecule has 0 bridgehead atoms. The highest BCUT2D eigenvalue weighted by Crippen LogP contribution is 2.21. The van der Waals surface area contributed by atoms with Crippen molar-refractivity contribution in [2.75, 3.05) is 20.1 Å². The molecule has 0 aromatic heterocycles. The van der Waals surface area contributed by atoms with Crippen molar-refractivity contribution in [1.82, 2.24) is 10.2 Å². The van der Waals surface area contributed by atoms with Crippen LogP contribution >= 0.6 is 0 Å². The minimum atomic E-state index is 0.249. The van der Waals surface area contributed by atoms with Crippen LogP contribution in [0.25, 0.3) is 0 Å². The Morgan fingerprint density at radius 2 is 2.15 bits per heavy atom. The first-order valence-corrected chi connectivity index (χ1v) is 5.24. The second-order valence-corrected chi connectivity index (χ2v) is 4.38. The third-order valence-corrected chi connectivity index (χ3v) is 2.92. The van der Waals surface area contributed by atoms with Gasteiger partial charge in [0.2, 0.25) is 5.91 Å². The Morgan fingerprint density at radius 3 is 2.77 bits per heavy atom. The molecule has 1 atom stereocenters. The molecule has 0 aromatic rings. The van der Waals surface area contributed by atoms with E-state index in [2.05, 4.69) is 17.3 Å². The molecular formula is C10H18N2O. The first-order valence-electron chi connectivity index (χ1n) is 5.24. The van der Waals surface area contributed by atoms with Gasteiger partial charge >= 0.3 is 0 Å². The average molecular weight is 182 g/mol. The average Bonchev–Trinajstić information content (AvgIpc) is 2.88. The minimum absolute atomic E-state index is 0.249. The first-order chi connectivity index (χ1) is 6.25. The maximum absolute atomic E-state index is 11.7. The lowest BCUT2D eigenvalue weighted by molar-refractivity contribution is -0.126. The second kappa shape index (κ2) is 3.66. The summed E-state index contributed by atoms with van der Waals surface area (Å²) < 4.78 is 0. The van der Waals surface area contributed by atoms with Crippen molar-refractivity contribution in [3.8, 4) is 0 Å². The summed E-state index contributed by atoms with van der Waals surface area (Å²) in [6.07, 6.45) is 4.62. The Kier molecular flexibility index (Phi) is 2.54. The van der Waals surface area contributed by atoms with Gasteiger partial charge in [-0.2, -0.15) is 0 Å². The van der Waals surface area contributed by atoms with Crippen LogP contribution in [0.4, 0.5) is 0 Å². The number of carbonyl (C=O) groups excluding carboxylic acids is 1. The number of hydrogen-bond donors (Lipinski definition) is 1. The fourth-order valence-electron chi connectivity index (χ4n) is 1.93. The monoisotopic (exact) mass is 182 g/mol. The predicted octanol–water partition coefficient (Wildman–Crippen LogP) is 0.607. The fraction of sp³-hybridized carbons (Fsp3) is 0.900. The Bertz CT molecular complexity index is 201. The fourth-order valence-corrected chi connectivity index (χ4v) is 1.93. The molecule has 0 spiro atoms. The van der Waals surface area contributed by atoms with Gasteiger partial charge in [0.15, 0.2) is 0 Å². The van der Waals surface area contributed by atoms with E-state index in [9.17, 15) is 4.79 Å². The molecule has 1 saturated heterocycles. The van der Waals surface area contributed by atoms with Gasteiger partial charge < -0.3 is 10.2 Å². The summed E-state index contributed by atoms with van der Waals surface area (Å²) >= 11 is 0. The molecule has 3 heteroatoms. The van der Waals surface area contributed by atoms with E-state index in [-0.39, 0.29) is 11.8 Å². The molecule has 0 radical (unpaired) electrons. The Balaban J connectivity index is 1.80. The number of likely N-dealkylation sites (tertiary alicyclic amines) is 1. The van der Waals surface area contributed by atoms with Crippen LogP contribution in [0, 0.1) is 5.92 Å². The SMILES string of the molecule is CN1CCC[C@@H](C(=O)NC2CC2)C1. The molecule has 0 unspecified atom stereocenters. The molecule has 3 nitrogen and oxygen atoms in total. The summed E-state index contributed by atoms with van der Waals surface area (Å²) in [5, 5.41) is 3.08. The highest BCUT2D eigenvalue weighted by atomic mass is 16.2. The van der Waals surface area contributed by atoms with Gasteiger partial charge in [-0.3, -0.25) is 4.79 Å². The molecule has 2 rings (SSSR count). The Hall–Kier alpha value is -0.570. The van der Waals surface area contributed by atoms with Gasteiger partial charge in [-0.15, -0.1) is 0 Å². The molecule has 74 valence electrons. The lowest BCUT2D eigenvalue weighted by atomic mass is 9.98. The molecule has 1 amide bonds. The zero-order valence-corrected chi connectivity index (χ0v) is 8.25. The number of rotatable bonds is 2. The molecule has 2 aliphatic rings. The zero-order valence-electron chi connectivity index (χ0n) is 8.25. The normalized spacial score (nSPS) is 30.1. The second-order valence-electron chi connectivity index (χ2n) is 4.38. The van der Waals surface area contributed by atoms with Crippen LogP contribution in [-0.4, -0.2) is 37.0 Å². The smallest absolute Gasteiger partial charge is 0.224 e. The van der Waals surface area contributed by atoms with Gasteiger partial charge in [0, 0.05) is 12.6 Å². The van der Waals surface area contributed by atoms with E-state index in [4.69, 9.17) is 0 Å². The van der Waals surface area contributed by atoms with Crippen LogP contribution < -0.4 is 5.32 Å². The first kappa shape index (κ1) is 9.00. The molecule has 2 fully saturated rings. The van der Waals surface area contributed by atoms with Crippen LogP contribution in [0.15, 0.2) is 0 Å². The number of nitrogens with one attached hydrogen (secondary N) is 1. The zero-order chi connectivity index (χ0) is 9.26. The molecular weight excluding hydrogens is 164 g/mol. The summed E-state index contributed by atoms with van der Waals surface area (Å²) in [6, 6.07) is 0.514. The molecule has 1 saturated carbocycles. The van der Waals surface area contributed by atoms with Crippen LogP contribution in [0.3, 0.4) is 0 Å². The minimum Gasteiger partial charge on any atom is -0.353 e. The van der Waals surface area contributed by atoms with Crippen molar-refractivity contribution in [1.29, 1.82) is 0 Å². The highest BCUT2D eigenvalue weighted by Gasteiger charge is 2.29. The summed E-state index contributed by atoms with van der Waals surface area (Å²) in [4.78, 5) is 13.9. The summed E-state index contributed by atoms with van der Waals surface area (Å²) in [5.41, 5.74) is 0. The van der Waals surface area contributed by atoms with Gasteiger partial charge in [0.25, 0.3) is 0 Å². The van der Waals surface area contributed by atoms with Crippen molar-refractivity contribution in [2.45, 2.75) is 31.7 Å². The molecule has 13 heavy (non-hydrogen) atoms. The standard InChI is InChI=1S/C10H18N2O/c1-12-6-2-3-8(7-12)10(13)11-9-4-5-9/h8-9H,2-7H2,1H3,(H,11,13)/t8-/m1/s1. The van der Waals surface area contributed by atoms with Crippen molar-refractivity contribution >= 4 is 5.91 Å². The van der Waals surface area contributed by atoms with E-state index in [1.807, 2.05) is 0 Å². The van der Waals surface area contributed by atoms with Crippen LogP contribution in [0.2, 0.25) is 0 Å². The number of amides is 1. The number of piperidine rings is 1.